The van der Waals surface area contributed by atoms with Gasteiger partial charge in [0.15, 0.2) is 0 Å². The number of carbonyl (C=O) groups is 2. The van der Waals surface area contributed by atoms with Gasteiger partial charge in [-0.05, 0) is 0 Å². The molecule has 0 aliphatic rings. The van der Waals surface area contributed by atoms with Crippen molar-refractivity contribution in [3.63, 3.8) is 0 Å². The first kappa shape index (κ1) is 16.8. The number of amides is 1. The minimum atomic E-state index is -0.779. The second-order valence-electron chi connectivity index (χ2n) is 4.30. The molecule has 0 aromatic rings. The van der Waals surface area contributed by atoms with Crippen LogP contribution in [0, 0.1) is 0 Å². The van der Waals surface area contributed by atoms with Crippen LogP contribution in [0.3, 0.4) is 0 Å². The van der Waals surface area contributed by atoms with E-state index in [9.17, 15) is 9.59 Å². The fourth-order valence-electron chi connectivity index (χ4n) is 1.41. The molecule has 0 bridgehead atoms. The molecule has 0 saturated carbocycles. The second kappa shape index (κ2) is 7.29. The number of thiol groups is 1. The number of esters is 1. The molecule has 0 fully saturated rings. The molecule has 1 unspecified atom stereocenters. The molecule has 0 N–H and O–H groups in total. The fourth-order valence-corrected chi connectivity index (χ4v) is 2.53. The number of nitrogens with zero attached hydrogens (tertiary/aromatic N) is 1. The van der Waals surface area contributed by atoms with E-state index < -0.39 is 10.8 Å². The quantitative estimate of drug-likeness (QED) is 0.454. The molecule has 0 heterocycles. The van der Waals surface area contributed by atoms with Gasteiger partial charge in [0.05, 0.1) is 0 Å². The molecule has 6 heteroatoms. The maximum absolute atomic E-state index is 12.0. The number of hydrogen-bond acceptors (Lipinski definition) is 4. The van der Waals surface area contributed by atoms with Gasteiger partial charge in [-0.3, -0.25) is 0 Å². The number of likely N-dealkylation sites (N-methyl/N-ethyl adjacent to an activating group) is 1. The molecule has 0 aliphatic carbocycles. The number of ether oxygens (including phenoxy) is 1. The van der Waals surface area contributed by atoms with E-state index in [4.69, 9.17) is 4.74 Å². The van der Waals surface area contributed by atoms with Crippen molar-refractivity contribution < 1.29 is 14.3 Å². The number of hydrogen-bond donors (Lipinski definition) is 1. The summed E-state index contributed by atoms with van der Waals surface area (Å²) >= 11 is 4.71. The summed E-state index contributed by atoms with van der Waals surface area (Å²) in [5.74, 6) is 1.58. The predicted molar refractivity (Wildman–Crippen MR) is 72.7 cm³/mol. The molecule has 4 nitrogen and oxygen atoms in total. The Kier molecular flexibility index (Phi) is 7.21. The summed E-state index contributed by atoms with van der Waals surface area (Å²) in [5, 5.41) is 0.942. The van der Waals surface area contributed by atoms with Crippen molar-refractivity contribution >= 4 is 39.5 Å². The van der Waals surface area contributed by atoms with Gasteiger partial charge >= 0.3 is 115 Å². The van der Waals surface area contributed by atoms with Crippen molar-refractivity contribution in [2.45, 2.75) is 42.2 Å². The van der Waals surface area contributed by atoms with Crippen LogP contribution >= 0.6 is 12.6 Å². The topological polar surface area (TPSA) is 46.6 Å². The van der Waals surface area contributed by atoms with Crippen molar-refractivity contribution in [2.75, 3.05) is 14.2 Å². The third-order valence-electron chi connectivity index (χ3n) is 2.38. The average molecular weight is 326 g/mol. The Hall–Kier alpha value is -0.191. The standard InChI is InChI=1S/C11H21NO3SSe/c1-11(2,16)10(14)12(3)8(6-7-17-5)9(13)15-4/h8,16H,6-7H2,1-5H3. The summed E-state index contributed by atoms with van der Waals surface area (Å²) < 4.78 is 3.96. The van der Waals surface area contributed by atoms with Crippen LogP contribution in [0.15, 0.2) is 0 Å². The first-order valence-electron chi connectivity index (χ1n) is 5.32. The van der Waals surface area contributed by atoms with E-state index in [2.05, 4.69) is 18.5 Å². The van der Waals surface area contributed by atoms with Crippen LogP contribution in [-0.4, -0.2) is 56.7 Å². The third-order valence-corrected chi connectivity index (χ3v) is 3.92. The van der Waals surface area contributed by atoms with Gasteiger partial charge in [-0.15, -0.1) is 0 Å². The molecule has 0 spiro atoms. The van der Waals surface area contributed by atoms with Gasteiger partial charge in [0, 0.05) is 0 Å². The van der Waals surface area contributed by atoms with Crippen LogP contribution in [0.4, 0.5) is 0 Å². The van der Waals surface area contributed by atoms with Crippen LogP contribution in [0.2, 0.25) is 11.1 Å². The zero-order valence-electron chi connectivity index (χ0n) is 11.0. The fraction of sp³-hybridized carbons (Fsp3) is 0.818. The molecule has 0 saturated heterocycles. The molecule has 1 atom stereocenters. The summed E-state index contributed by atoms with van der Waals surface area (Å²) in [6.45, 7) is 3.43. The third kappa shape index (κ3) is 5.32. The molecule has 0 rings (SSSR count). The van der Waals surface area contributed by atoms with Crippen molar-refractivity contribution in [1.29, 1.82) is 0 Å². The molecule has 1 amide bonds. The van der Waals surface area contributed by atoms with E-state index in [0.29, 0.717) is 21.4 Å². The summed E-state index contributed by atoms with van der Waals surface area (Å²) in [5.41, 5.74) is 0. The van der Waals surface area contributed by atoms with E-state index >= 15 is 0 Å². The van der Waals surface area contributed by atoms with Crippen molar-refractivity contribution in [3.05, 3.63) is 0 Å². The van der Waals surface area contributed by atoms with Crippen LogP contribution < -0.4 is 0 Å². The second-order valence-corrected chi connectivity index (χ2v) is 7.48. The SMILES string of the molecule is COC(=O)C(CC[Se]C)N(C)C(=O)C(C)(C)S. The van der Waals surface area contributed by atoms with Crippen molar-refractivity contribution in [3.8, 4) is 0 Å². The number of methoxy groups -OCH3 is 1. The Labute approximate surface area is 115 Å². The van der Waals surface area contributed by atoms with E-state index in [0.717, 1.165) is 5.32 Å². The maximum atomic E-state index is 12.0. The van der Waals surface area contributed by atoms with Gasteiger partial charge < -0.3 is 0 Å². The van der Waals surface area contributed by atoms with Gasteiger partial charge in [-0.25, -0.2) is 0 Å². The Morgan fingerprint density at radius 2 is 2.00 bits per heavy atom. The Balaban J connectivity index is 4.80. The monoisotopic (exact) mass is 327 g/mol. The Bertz CT molecular complexity index is 278. The molecule has 0 radical (unpaired) electrons. The van der Waals surface area contributed by atoms with E-state index in [-0.39, 0.29) is 11.9 Å². The normalized spacial score (nSPS) is 13.1. The Morgan fingerprint density at radius 1 is 1.47 bits per heavy atom. The molecular weight excluding hydrogens is 305 g/mol. The molecule has 17 heavy (non-hydrogen) atoms. The van der Waals surface area contributed by atoms with Crippen LogP contribution in [0.5, 0.6) is 0 Å². The average Bonchev–Trinajstić information content (AvgIpc) is 2.26. The van der Waals surface area contributed by atoms with Gasteiger partial charge in [-0.2, -0.15) is 0 Å². The van der Waals surface area contributed by atoms with Gasteiger partial charge in [0.1, 0.15) is 0 Å². The van der Waals surface area contributed by atoms with Gasteiger partial charge in [-0.1, -0.05) is 0 Å². The molecule has 0 aromatic carbocycles. The number of rotatable bonds is 6. The van der Waals surface area contributed by atoms with Crippen molar-refractivity contribution in [1.82, 2.24) is 4.90 Å². The van der Waals surface area contributed by atoms with E-state index in [1.165, 1.54) is 12.0 Å². The Morgan fingerprint density at radius 3 is 2.35 bits per heavy atom. The summed E-state index contributed by atoms with van der Waals surface area (Å²) in [6.07, 6.45) is 0.648. The first-order chi connectivity index (χ1) is 7.75. The van der Waals surface area contributed by atoms with Crippen LogP contribution in [0.25, 0.3) is 0 Å². The van der Waals surface area contributed by atoms with E-state index in [1.54, 1.807) is 20.9 Å². The van der Waals surface area contributed by atoms with E-state index in [1.807, 2.05) is 0 Å². The summed E-state index contributed by atoms with van der Waals surface area (Å²) in [7, 11) is 2.97. The number of carbonyl (C=O) groups excluding carboxylic acids is 2. The summed E-state index contributed by atoms with van der Waals surface area (Å²) in [6, 6.07) is -0.499. The van der Waals surface area contributed by atoms with Crippen molar-refractivity contribution in [2.24, 2.45) is 0 Å². The molecular formula is C11H21NO3SSe. The minimum absolute atomic E-state index is 0.167. The molecule has 100 valence electrons. The molecule has 0 aromatic heterocycles. The van der Waals surface area contributed by atoms with Crippen LogP contribution in [0.1, 0.15) is 20.3 Å². The zero-order valence-corrected chi connectivity index (χ0v) is 13.6. The summed E-state index contributed by atoms with van der Waals surface area (Å²) in [4.78, 5) is 25.1. The van der Waals surface area contributed by atoms with Crippen LogP contribution in [-0.2, 0) is 14.3 Å². The molecule has 0 aliphatic heterocycles. The first-order valence-corrected chi connectivity index (χ1v) is 8.69. The van der Waals surface area contributed by atoms with Gasteiger partial charge in [0.25, 0.3) is 0 Å². The van der Waals surface area contributed by atoms with Gasteiger partial charge in [0.2, 0.25) is 0 Å². The predicted octanol–water partition coefficient (Wildman–Crippen LogP) is 1.26. The zero-order chi connectivity index (χ0) is 13.6.